The molecule has 4 atom stereocenters. The minimum absolute atomic E-state index is 0.0196. The average Bonchev–Trinajstić information content (AvgIpc) is 2.53. The topological polar surface area (TPSA) is 69.6 Å². The molecular formula is C16H26N2O3. The van der Waals surface area contributed by atoms with Gasteiger partial charge in [-0.1, -0.05) is 12.8 Å². The number of nitrogens with zero attached hydrogens (tertiary/aromatic N) is 1. The first kappa shape index (κ1) is 14.8. The Balaban J connectivity index is 1.65. The van der Waals surface area contributed by atoms with Crippen LogP contribution >= 0.6 is 0 Å². The molecule has 21 heavy (non-hydrogen) atoms. The van der Waals surface area contributed by atoms with Crippen molar-refractivity contribution in [2.24, 2.45) is 5.92 Å². The Kier molecular flexibility index (Phi) is 4.48. The lowest BCUT2D eigenvalue weighted by Gasteiger charge is -2.42. The van der Waals surface area contributed by atoms with Gasteiger partial charge in [0.25, 0.3) is 0 Å². The molecule has 0 aromatic rings. The van der Waals surface area contributed by atoms with E-state index in [0.717, 1.165) is 38.0 Å². The first-order valence-electron chi connectivity index (χ1n) is 8.46. The van der Waals surface area contributed by atoms with Crippen LogP contribution in [0.1, 0.15) is 57.8 Å². The van der Waals surface area contributed by atoms with Crippen molar-refractivity contribution in [3.05, 3.63) is 0 Å². The number of amides is 1. The highest BCUT2D eigenvalue weighted by Gasteiger charge is 2.39. The molecule has 0 aromatic heterocycles. The minimum Gasteiger partial charge on any atom is -0.480 e. The molecule has 3 aliphatic rings. The number of fused-ring (bicyclic) bond motifs is 1. The van der Waals surface area contributed by atoms with Gasteiger partial charge < -0.3 is 15.3 Å². The summed E-state index contributed by atoms with van der Waals surface area (Å²) in [5, 5.41) is 12.9. The molecule has 5 nitrogen and oxygen atoms in total. The molecule has 2 heterocycles. The predicted octanol–water partition coefficient (Wildman–Crippen LogP) is 1.76. The summed E-state index contributed by atoms with van der Waals surface area (Å²) in [6.07, 6.45) is 9.40. The van der Waals surface area contributed by atoms with E-state index in [9.17, 15) is 14.7 Å². The number of carboxylic acids is 1. The first-order chi connectivity index (χ1) is 10.2. The smallest absolute Gasteiger partial charge is 0.326 e. The van der Waals surface area contributed by atoms with E-state index < -0.39 is 12.0 Å². The van der Waals surface area contributed by atoms with E-state index in [1.807, 2.05) is 0 Å². The number of piperidine rings is 2. The van der Waals surface area contributed by atoms with E-state index >= 15 is 0 Å². The second-order valence-electron chi connectivity index (χ2n) is 6.83. The number of carboxylic acid groups (broad SMARTS) is 1. The van der Waals surface area contributed by atoms with Crippen molar-refractivity contribution >= 4 is 11.9 Å². The molecule has 2 N–H and O–H groups in total. The van der Waals surface area contributed by atoms with Crippen LogP contribution in [-0.2, 0) is 9.59 Å². The van der Waals surface area contributed by atoms with Gasteiger partial charge in [-0.2, -0.15) is 0 Å². The van der Waals surface area contributed by atoms with Gasteiger partial charge in [0.2, 0.25) is 5.91 Å². The quantitative estimate of drug-likeness (QED) is 0.814. The number of nitrogens with one attached hydrogen (secondary N) is 1. The Morgan fingerprint density at radius 1 is 0.952 bits per heavy atom. The lowest BCUT2D eigenvalue weighted by atomic mass is 9.77. The van der Waals surface area contributed by atoms with Crippen molar-refractivity contribution in [1.82, 2.24) is 10.2 Å². The second kappa shape index (κ2) is 6.34. The van der Waals surface area contributed by atoms with Gasteiger partial charge in [-0.25, -0.2) is 4.79 Å². The van der Waals surface area contributed by atoms with Crippen LogP contribution in [0.25, 0.3) is 0 Å². The van der Waals surface area contributed by atoms with Crippen LogP contribution < -0.4 is 5.32 Å². The van der Waals surface area contributed by atoms with Crippen LogP contribution in [0.15, 0.2) is 0 Å². The highest BCUT2D eigenvalue weighted by Crippen LogP contribution is 2.33. The third-order valence-corrected chi connectivity index (χ3v) is 5.52. The maximum Gasteiger partial charge on any atom is 0.326 e. The molecule has 1 aliphatic carbocycles. The number of hydrogen-bond donors (Lipinski definition) is 2. The van der Waals surface area contributed by atoms with Crippen LogP contribution in [0, 0.1) is 5.92 Å². The van der Waals surface area contributed by atoms with E-state index in [1.54, 1.807) is 4.90 Å². The second-order valence-corrected chi connectivity index (χ2v) is 6.83. The lowest BCUT2D eigenvalue weighted by molar-refractivity contribution is -0.153. The van der Waals surface area contributed by atoms with Gasteiger partial charge in [-0.05, 0) is 50.9 Å². The molecule has 0 spiro atoms. The fourth-order valence-electron chi connectivity index (χ4n) is 4.34. The Labute approximate surface area is 126 Å². The summed E-state index contributed by atoms with van der Waals surface area (Å²) in [5.41, 5.74) is 0. The molecule has 0 radical (unpaired) electrons. The Bertz CT molecular complexity index is 412. The SMILES string of the molecule is O=C(O)[C@H]1CCCCN1C(=O)C1CCC2CCCCC2N1. The monoisotopic (exact) mass is 294 g/mol. The standard InChI is InChI=1S/C16H26N2O3/c19-15(18-10-4-3-7-14(18)16(20)21)13-9-8-11-5-1-2-6-12(11)17-13/h11-14,17H,1-10H2,(H,20,21)/t11?,12?,13?,14-/m1/s1. The molecule has 0 bridgehead atoms. The number of likely N-dealkylation sites (tertiary alicyclic amines) is 1. The molecular weight excluding hydrogens is 268 g/mol. The number of carbonyl (C=O) groups is 2. The van der Waals surface area contributed by atoms with Gasteiger partial charge in [0.05, 0.1) is 6.04 Å². The number of rotatable bonds is 2. The largest absolute Gasteiger partial charge is 0.480 e. The summed E-state index contributed by atoms with van der Waals surface area (Å²) in [6, 6.07) is -0.309. The van der Waals surface area contributed by atoms with Crippen molar-refractivity contribution in [2.75, 3.05) is 6.54 Å². The summed E-state index contributed by atoms with van der Waals surface area (Å²) in [7, 11) is 0. The van der Waals surface area contributed by atoms with Crippen molar-refractivity contribution in [3.63, 3.8) is 0 Å². The molecule has 3 fully saturated rings. The fourth-order valence-corrected chi connectivity index (χ4v) is 4.34. The fraction of sp³-hybridized carbons (Fsp3) is 0.875. The number of hydrogen-bond acceptors (Lipinski definition) is 3. The number of carbonyl (C=O) groups excluding carboxylic acids is 1. The average molecular weight is 294 g/mol. The molecule has 1 amide bonds. The van der Waals surface area contributed by atoms with Crippen LogP contribution in [0.5, 0.6) is 0 Å². The summed E-state index contributed by atoms with van der Waals surface area (Å²) < 4.78 is 0. The Hall–Kier alpha value is -1.10. The molecule has 5 heteroatoms. The van der Waals surface area contributed by atoms with Crippen LogP contribution in [0.4, 0.5) is 0 Å². The number of aliphatic carboxylic acids is 1. The van der Waals surface area contributed by atoms with Crippen molar-refractivity contribution in [1.29, 1.82) is 0 Å². The zero-order chi connectivity index (χ0) is 14.8. The van der Waals surface area contributed by atoms with Gasteiger partial charge in [-0.3, -0.25) is 4.79 Å². The molecule has 2 saturated heterocycles. The van der Waals surface area contributed by atoms with Crippen LogP contribution in [-0.4, -0.2) is 46.6 Å². The van der Waals surface area contributed by atoms with Gasteiger partial charge >= 0.3 is 5.97 Å². The predicted molar refractivity (Wildman–Crippen MR) is 78.9 cm³/mol. The minimum atomic E-state index is -0.852. The Morgan fingerprint density at radius 2 is 1.71 bits per heavy atom. The molecule has 0 aromatic carbocycles. The normalized spacial score (nSPS) is 36.9. The highest BCUT2D eigenvalue weighted by molar-refractivity contribution is 5.87. The zero-order valence-corrected chi connectivity index (χ0v) is 12.6. The van der Waals surface area contributed by atoms with E-state index in [0.29, 0.717) is 19.0 Å². The summed E-state index contributed by atoms with van der Waals surface area (Å²) in [4.78, 5) is 25.7. The first-order valence-corrected chi connectivity index (χ1v) is 8.46. The maximum atomic E-state index is 12.7. The Morgan fingerprint density at radius 3 is 2.52 bits per heavy atom. The molecule has 3 rings (SSSR count). The van der Waals surface area contributed by atoms with E-state index in [2.05, 4.69) is 5.32 Å². The van der Waals surface area contributed by atoms with Gasteiger partial charge in [0, 0.05) is 12.6 Å². The van der Waals surface area contributed by atoms with Crippen LogP contribution in [0.3, 0.4) is 0 Å². The zero-order valence-electron chi connectivity index (χ0n) is 12.6. The highest BCUT2D eigenvalue weighted by atomic mass is 16.4. The van der Waals surface area contributed by atoms with E-state index in [-0.39, 0.29) is 11.9 Å². The lowest BCUT2D eigenvalue weighted by Crippen LogP contribution is -2.59. The van der Waals surface area contributed by atoms with Crippen molar-refractivity contribution in [2.45, 2.75) is 75.9 Å². The van der Waals surface area contributed by atoms with Crippen LogP contribution in [0.2, 0.25) is 0 Å². The van der Waals surface area contributed by atoms with E-state index in [1.165, 1.54) is 19.3 Å². The summed E-state index contributed by atoms with van der Waals surface area (Å²) in [6.45, 7) is 0.599. The molecule has 2 aliphatic heterocycles. The summed E-state index contributed by atoms with van der Waals surface area (Å²) >= 11 is 0. The van der Waals surface area contributed by atoms with Gasteiger partial charge in [0.15, 0.2) is 0 Å². The molecule has 118 valence electrons. The molecule has 3 unspecified atom stereocenters. The van der Waals surface area contributed by atoms with Crippen molar-refractivity contribution in [3.8, 4) is 0 Å². The maximum absolute atomic E-state index is 12.7. The van der Waals surface area contributed by atoms with Crippen molar-refractivity contribution < 1.29 is 14.7 Å². The van der Waals surface area contributed by atoms with E-state index in [4.69, 9.17) is 0 Å². The van der Waals surface area contributed by atoms with Gasteiger partial charge in [-0.15, -0.1) is 0 Å². The third-order valence-electron chi connectivity index (χ3n) is 5.52. The van der Waals surface area contributed by atoms with Gasteiger partial charge in [0.1, 0.15) is 6.04 Å². The third kappa shape index (κ3) is 3.07. The molecule has 1 saturated carbocycles. The summed E-state index contributed by atoms with van der Waals surface area (Å²) in [5.74, 6) is -0.111.